The third-order valence-corrected chi connectivity index (χ3v) is 5.21. The van der Waals surface area contributed by atoms with E-state index < -0.39 is 35.7 Å². The van der Waals surface area contributed by atoms with Crippen molar-refractivity contribution >= 4 is 5.91 Å². The summed E-state index contributed by atoms with van der Waals surface area (Å²) in [7, 11) is 0. The first kappa shape index (κ1) is 26.9. The second-order valence-corrected chi connectivity index (χ2v) is 8.17. The maximum Gasteiger partial charge on any atom is 0.573 e. The molecule has 0 saturated heterocycles. The van der Waals surface area contributed by atoms with E-state index in [0.29, 0.717) is 11.5 Å². The highest BCUT2D eigenvalue weighted by molar-refractivity contribution is 5.90. The number of nitrogens with one attached hydrogen (secondary N) is 1. The van der Waals surface area contributed by atoms with Crippen LogP contribution in [0.5, 0.6) is 11.5 Å². The minimum atomic E-state index is -4.97. The van der Waals surface area contributed by atoms with Crippen LogP contribution in [0.1, 0.15) is 30.5 Å². The Hall–Kier alpha value is -3.69. The van der Waals surface area contributed by atoms with Gasteiger partial charge in [-0.05, 0) is 41.0 Å². The fourth-order valence-corrected chi connectivity index (χ4v) is 3.70. The van der Waals surface area contributed by atoms with Crippen LogP contribution in [0.4, 0.5) is 26.3 Å². The van der Waals surface area contributed by atoms with Crippen LogP contribution in [-0.4, -0.2) is 18.6 Å². The Kier molecular flexibility index (Phi) is 7.86. The first-order chi connectivity index (χ1) is 16.8. The summed E-state index contributed by atoms with van der Waals surface area (Å²) in [4.78, 5) is 13.0. The fraction of sp³-hybridized carbons (Fsp3) is 0.231. The summed E-state index contributed by atoms with van der Waals surface area (Å²) in [6.45, 7) is 3.07. The summed E-state index contributed by atoms with van der Waals surface area (Å²) in [6, 6.07) is 18.6. The summed E-state index contributed by atoms with van der Waals surface area (Å²) in [5.41, 5.74) is -0.611. The van der Waals surface area contributed by atoms with Crippen molar-refractivity contribution in [3.8, 4) is 11.5 Å². The minimum absolute atomic E-state index is 0.00218. The van der Waals surface area contributed by atoms with Gasteiger partial charge in [0.05, 0.1) is 11.5 Å². The number of rotatable bonds is 8. The van der Waals surface area contributed by atoms with Crippen molar-refractivity contribution in [1.29, 1.82) is 0 Å². The molecule has 1 amide bonds. The van der Waals surface area contributed by atoms with Crippen LogP contribution in [0.25, 0.3) is 0 Å². The molecule has 0 unspecified atom stereocenters. The van der Waals surface area contributed by atoms with Crippen LogP contribution in [0.2, 0.25) is 0 Å². The second-order valence-electron chi connectivity index (χ2n) is 8.17. The quantitative estimate of drug-likeness (QED) is 0.343. The molecule has 191 valence electrons. The molecule has 0 aliphatic heterocycles. The number of alkyl halides is 6. The third kappa shape index (κ3) is 7.16. The maximum atomic E-state index is 13.0. The van der Waals surface area contributed by atoms with Crippen molar-refractivity contribution in [3.05, 3.63) is 101 Å². The molecule has 3 rings (SSSR count). The molecule has 10 heteroatoms. The topological polar surface area (TPSA) is 47.6 Å². The summed E-state index contributed by atoms with van der Waals surface area (Å²) in [5.74, 6) is -1.31. The lowest BCUT2D eigenvalue weighted by atomic mass is 9.77. The number of hydrogen-bond acceptors (Lipinski definition) is 3. The summed E-state index contributed by atoms with van der Waals surface area (Å²) in [5, 5.41) is 2.84. The van der Waals surface area contributed by atoms with Gasteiger partial charge < -0.3 is 14.8 Å². The molecular formula is C26H22F6NO3. The molecule has 0 fully saturated rings. The predicted molar refractivity (Wildman–Crippen MR) is 120 cm³/mol. The van der Waals surface area contributed by atoms with Crippen LogP contribution in [0.3, 0.4) is 0 Å². The SMILES string of the molecule is C[C](C)C(=O)NC(Cc1ccccc1)(c1cccc(OC(F)(F)F)c1)c1cccc(OC(F)(F)F)c1. The predicted octanol–water partition coefficient (Wildman–Crippen LogP) is 6.70. The van der Waals surface area contributed by atoms with Crippen molar-refractivity contribution in [2.45, 2.75) is 38.5 Å². The van der Waals surface area contributed by atoms with Gasteiger partial charge in [0.15, 0.2) is 0 Å². The van der Waals surface area contributed by atoms with Gasteiger partial charge in [-0.15, -0.1) is 26.3 Å². The lowest BCUT2D eigenvalue weighted by Crippen LogP contribution is -2.49. The smallest absolute Gasteiger partial charge is 0.406 e. The van der Waals surface area contributed by atoms with Crippen molar-refractivity contribution in [2.24, 2.45) is 0 Å². The number of halogens is 6. The molecule has 36 heavy (non-hydrogen) atoms. The van der Waals surface area contributed by atoms with Gasteiger partial charge in [-0.3, -0.25) is 4.79 Å². The van der Waals surface area contributed by atoms with Gasteiger partial charge in [-0.2, -0.15) is 0 Å². The van der Waals surface area contributed by atoms with E-state index in [4.69, 9.17) is 0 Å². The molecule has 3 aromatic rings. The Morgan fingerprint density at radius 1 is 0.722 bits per heavy atom. The summed E-state index contributed by atoms with van der Waals surface area (Å²) < 4.78 is 85.8. The van der Waals surface area contributed by atoms with Gasteiger partial charge >= 0.3 is 12.7 Å². The highest BCUT2D eigenvalue weighted by atomic mass is 19.4. The molecule has 4 nitrogen and oxygen atoms in total. The maximum absolute atomic E-state index is 13.0. The third-order valence-electron chi connectivity index (χ3n) is 5.21. The molecule has 1 N–H and O–H groups in total. The normalized spacial score (nSPS) is 12.4. The van der Waals surface area contributed by atoms with Crippen LogP contribution >= 0.6 is 0 Å². The number of amides is 1. The summed E-state index contributed by atoms with van der Waals surface area (Å²) >= 11 is 0. The summed E-state index contributed by atoms with van der Waals surface area (Å²) in [6.07, 6.45) is -9.95. The number of carbonyl (C=O) groups excluding carboxylic acids is 1. The zero-order valence-electron chi connectivity index (χ0n) is 19.2. The molecule has 1 radical (unpaired) electrons. The van der Waals surface area contributed by atoms with Gasteiger partial charge in [0.2, 0.25) is 5.91 Å². The monoisotopic (exact) mass is 510 g/mol. The molecule has 3 aromatic carbocycles. The highest BCUT2D eigenvalue weighted by Gasteiger charge is 2.39. The van der Waals surface area contributed by atoms with E-state index in [1.165, 1.54) is 38.1 Å². The van der Waals surface area contributed by atoms with E-state index in [0.717, 1.165) is 24.3 Å². The van der Waals surface area contributed by atoms with Gasteiger partial charge in [0.1, 0.15) is 11.5 Å². The number of hydrogen-bond donors (Lipinski definition) is 1. The Morgan fingerprint density at radius 2 is 1.19 bits per heavy atom. The van der Waals surface area contributed by atoms with Gasteiger partial charge in [-0.25, -0.2) is 0 Å². The number of ether oxygens (including phenoxy) is 2. The molecular weight excluding hydrogens is 488 g/mol. The molecule has 0 bridgehead atoms. The average molecular weight is 510 g/mol. The molecule has 0 atom stereocenters. The molecule has 0 aromatic heterocycles. The van der Waals surface area contributed by atoms with Crippen molar-refractivity contribution in [1.82, 2.24) is 5.32 Å². The molecule has 0 saturated carbocycles. The zero-order valence-corrected chi connectivity index (χ0v) is 19.2. The van der Waals surface area contributed by atoms with Crippen LogP contribution in [0, 0.1) is 5.92 Å². The van der Waals surface area contributed by atoms with Crippen LogP contribution in [-0.2, 0) is 16.8 Å². The Morgan fingerprint density at radius 3 is 1.61 bits per heavy atom. The first-order valence-corrected chi connectivity index (χ1v) is 10.7. The minimum Gasteiger partial charge on any atom is -0.406 e. The lowest BCUT2D eigenvalue weighted by molar-refractivity contribution is -0.275. The van der Waals surface area contributed by atoms with Crippen LogP contribution in [0.15, 0.2) is 78.9 Å². The van der Waals surface area contributed by atoms with E-state index in [1.807, 2.05) is 0 Å². The van der Waals surface area contributed by atoms with E-state index in [1.54, 1.807) is 30.3 Å². The lowest BCUT2D eigenvalue weighted by Gasteiger charge is -2.37. The fourth-order valence-electron chi connectivity index (χ4n) is 3.70. The second kappa shape index (κ2) is 10.5. The van der Waals surface area contributed by atoms with Gasteiger partial charge in [-0.1, -0.05) is 68.4 Å². The van der Waals surface area contributed by atoms with E-state index in [9.17, 15) is 31.1 Å². The van der Waals surface area contributed by atoms with E-state index in [-0.39, 0.29) is 17.5 Å². The standard InChI is InChI=1S/C26H22F6NO3/c1-17(2)23(34)33-24(16-18-8-4-3-5-9-18,19-10-6-12-21(14-19)35-25(27,28)29)20-11-7-13-22(15-20)36-26(30,31)32/h3-15H,16H2,1-2H3,(H,33,34). The Labute approximate surface area is 203 Å². The van der Waals surface area contributed by atoms with Crippen molar-refractivity contribution < 1.29 is 40.6 Å². The first-order valence-electron chi connectivity index (χ1n) is 10.7. The Bertz CT molecular complexity index is 1120. The Balaban J connectivity index is 2.26. The highest BCUT2D eigenvalue weighted by Crippen LogP contribution is 2.38. The number of carbonyl (C=O) groups is 1. The number of benzene rings is 3. The molecule has 0 aliphatic carbocycles. The van der Waals surface area contributed by atoms with Crippen LogP contribution < -0.4 is 14.8 Å². The van der Waals surface area contributed by atoms with Gasteiger partial charge in [0, 0.05) is 6.42 Å². The van der Waals surface area contributed by atoms with E-state index >= 15 is 0 Å². The van der Waals surface area contributed by atoms with Gasteiger partial charge in [0.25, 0.3) is 0 Å². The van der Waals surface area contributed by atoms with Crippen molar-refractivity contribution in [2.75, 3.05) is 0 Å². The van der Waals surface area contributed by atoms with Crippen molar-refractivity contribution in [3.63, 3.8) is 0 Å². The van der Waals surface area contributed by atoms with E-state index in [2.05, 4.69) is 14.8 Å². The molecule has 0 aliphatic rings. The largest absolute Gasteiger partial charge is 0.573 e. The zero-order chi connectivity index (χ0) is 26.6. The average Bonchev–Trinajstić information content (AvgIpc) is 2.77. The molecule has 0 spiro atoms. The molecule has 0 heterocycles.